The molecule has 1 N–H and O–H groups in total. The first-order valence-electron chi connectivity index (χ1n) is 7.66. The lowest BCUT2D eigenvalue weighted by molar-refractivity contribution is -0.0293. The van der Waals surface area contributed by atoms with Gasteiger partial charge in [0, 0.05) is 6.04 Å². The maximum atomic E-state index is 6.26. The van der Waals surface area contributed by atoms with Crippen LogP contribution >= 0.6 is 0 Å². The van der Waals surface area contributed by atoms with Gasteiger partial charge in [-0.2, -0.15) is 0 Å². The molecule has 0 aromatic heterocycles. The van der Waals surface area contributed by atoms with Gasteiger partial charge in [-0.15, -0.1) is 0 Å². The first-order chi connectivity index (χ1) is 8.27. The molecule has 1 saturated carbocycles. The standard InChI is InChI=1S/C15H31NO/c1-4-9-13(3)17-15-11-8-6-7-10-14(15)16-12-5-2/h13-16H,4-12H2,1-3H3. The van der Waals surface area contributed by atoms with Gasteiger partial charge in [-0.05, 0) is 39.2 Å². The molecule has 0 amide bonds. The van der Waals surface area contributed by atoms with E-state index in [1.165, 1.54) is 51.4 Å². The van der Waals surface area contributed by atoms with Crippen molar-refractivity contribution in [2.24, 2.45) is 0 Å². The summed E-state index contributed by atoms with van der Waals surface area (Å²) in [6.07, 6.45) is 11.1. The van der Waals surface area contributed by atoms with Gasteiger partial charge in [-0.3, -0.25) is 0 Å². The summed E-state index contributed by atoms with van der Waals surface area (Å²) in [6, 6.07) is 0.594. The van der Waals surface area contributed by atoms with E-state index in [4.69, 9.17) is 4.74 Å². The second-order valence-corrected chi connectivity index (χ2v) is 5.47. The molecular formula is C15H31NO. The van der Waals surface area contributed by atoms with Crippen LogP contribution in [0.1, 0.15) is 72.1 Å². The number of nitrogens with one attached hydrogen (secondary N) is 1. The summed E-state index contributed by atoms with van der Waals surface area (Å²) < 4.78 is 6.26. The summed E-state index contributed by atoms with van der Waals surface area (Å²) in [7, 11) is 0. The molecule has 3 atom stereocenters. The molecule has 1 fully saturated rings. The lowest BCUT2D eigenvalue weighted by Crippen LogP contribution is -2.42. The number of ether oxygens (including phenoxy) is 1. The Morgan fingerprint density at radius 2 is 1.88 bits per heavy atom. The third-order valence-corrected chi connectivity index (χ3v) is 3.71. The summed E-state index contributed by atoms with van der Waals surface area (Å²) in [4.78, 5) is 0. The molecule has 0 bridgehead atoms. The lowest BCUT2D eigenvalue weighted by Gasteiger charge is -2.29. The summed E-state index contributed by atoms with van der Waals surface area (Å²) in [5.41, 5.74) is 0. The van der Waals surface area contributed by atoms with Gasteiger partial charge in [-0.25, -0.2) is 0 Å². The van der Waals surface area contributed by atoms with Gasteiger partial charge in [-0.1, -0.05) is 39.5 Å². The van der Waals surface area contributed by atoms with E-state index in [-0.39, 0.29) is 0 Å². The molecule has 0 aliphatic heterocycles. The van der Waals surface area contributed by atoms with Crippen LogP contribution in [-0.2, 0) is 4.74 Å². The fourth-order valence-corrected chi connectivity index (χ4v) is 2.77. The van der Waals surface area contributed by atoms with Crippen LogP contribution in [0.5, 0.6) is 0 Å². The van der Waals surface area contributed by atoms with Gasteiger partial charge in [0.2, 0.25) is 0 Å². The van der Waals surface area contributed by atoms with Crippen molar-refractivity contribution in [1.82, 2.24) is 5.32 Å². The normalized spacial score (nSPS) is 27.7. The van der Waals surface area contributed by atoms with Crippen LogP contribution in [0.4, 0.5) is 0 Å². The fourth-order valence-electron chi connectivity index (χ4n) is 2.77. The molecule has 1 rings (SSSR count). The quantitative estimate of drug-likeness (QED) is 0.683. The number of hydrogen-bond acceptors (Lipinski definition) is 2. The van der Waals surface area contributed by atoms with E-state index in [9.17, 15) is 0 Å². The van der Waals surface area contributed by atoms with Gasteiger partial charge >= 0.3 is 0 Å². The molecule has 0 heterocycles. The molecule has 3 unspecified atom stereocenters. The summed E-state index contributed by atoms with van der Waals surface area (Å²) in [5.74, 6) is 0. The zero-order valence-corrected chi connectivity index (χ0v) is 12.0. The third kappa shape index (κ3) is 5.87. The van der Waals surface area contributed by atoms with E-state index in [2.05, 4.69) is 26.1 Å². The highest BCUT2D eigenvalue weighted by Gasteiger charge is 2.25. The average molecular weight is 241 g/mol. The van der Waals surface area contributed by atoms with Crippen LogP contribution in [0.3, 0.4) is 0 Å². The van der Waals surface area contributed by atoms with Crippen LogP contribution in [0.2, 0.25) is 0 Å². The van der Waals surface area contributed by atoms with Crippen molar-refractivity contribution < 1.29 is 4.74 Å². The molecular weight excluding hydrogens is 210 g/mol. The van der Waals surface area contributed by atoms with Gasteiger partial charge in [0.05, 0.1) is 12.2 Å². The minimum atomic E-state index is 0.425. The first-order valence-corrected chi connectivity index (χ1v) is 7.66. The summed E-state index contributed by atoms with van der Waals surface area (Å²) >= 11 is 0. The molecule has 0 radical (unpaired) electrons. The molecule has 0 aromatic rings. The molecule has 2 heteroatoms. The molecule has 1 aliphatic carbocycles. The molecule has 17 heavy (non-hydrogen) atoms. The SMILES string of the molecule is CCCNC1CCCCCC1OC(C)CCC. The Bertz CT molecular complexity index is 184. The second kappa shape index (κ2) is 8.93. The van der Waals surface area contributed by atoms with Gasteiger partial charge < -0.3 is 10.1 Å². The maximum Gasteiger partial charge on any atom is 0.0731 e. The second-order valence-electron chi connectivity index (χ2n) is 5.47. The molecule has 0 saturated heterocycles. The van der Waals surface area contributed by atoms with E-state index in [0.717, 1.165) is 6.54 Å². The monoisotopic (exact) mass is 241 g/mol. The van der Waals surface area contributed by atoms with Crippen molar-refractivity contribution in [2.75, 3.05) is 6.54 Å². The zero-order chi connectivity index (χ0) is 12.5. The Kier molecular flexibility index (Phi) is 7.87. The summed E-state index contributed by atoms with van der Waals surface area (Å²) in [5, 5.41) is 3.68. The van der Waals surface area contributed by atoms with Gasteiger partial charge in [0.15, 0.2) is 0 Å². The Labute approximate surface area is 108 Å². The minimum Gasteiger partial charge on any atom is -0.374 e. The molecule has 102 valence electrons. The molecule has 0 spiro atoms. The van der Waals surface area contributed by atoms with Crippen molar-refractivity contribution in [3.8, 4) is 0 Å². The maximum absolute atomic E-state index is 6.26. The Balaban J connectivity index is 2.43. The Morgan fingerprint density at radius 3 is 2.59 bits per heavy atom. The van der Waals surface area contributed by atoms with Gasteiger partial charge in [0.25, 0.3) is 0 Å². The minimum absolute atomic E-state index is 0.425. The third-order valence-electron chi connectivity index (χ3n) is 3.71. The summed E-state index contributed by atoms with van der Waals surface area (Å²) in [6.45, 7) is 7.83. The van der Waals surface area contributed by atoms with Crippen LogP contribution in [0, 0.1) is 0 Å². The highest BCUT2D eigenvalue weighted by atomic mass is 16.5. The van der Waals surface area contributed by atoms with Crippen molar-refractivity contribution in [2.45, 2.75) is 90.4 Å². The van der Waals surface area contributed by atoms with E-state index in [1.54, 1.807) is 0 Å². The molecule has 0 aromatic carbocycles. The first kappa shape index (κ1) is 15.0. The van der Waals surface area contributed by atoms with Crippen molar-refractivity contribution in [3.63, 3.8) is 0 Å². The highest BCUT2D eigenvalue weighted by Crippen LogP contribution is 2.22. The van der Waals surface area contributed by atoms with Gasteiger partial charge in [0.1, 0.15) is 0 Å². The van der Waals surface area contributed by atoms with E-state index >= 15 is 0 Å². The van der Waals surface area contributed by atoms with E-state index in [0.29, 0.717) is 18.2 Å². The smallest absolute Gasteiger partial charge is 0.0731 e. The Morgan fingerprint density at radius 1 is 1.12 bits per heavy atom. The molecule has 2 nitrogen and oxygen atoms in total. The van der Waals surface area contributed by atoms with Crippen molar-refractivity contribution in [3.05, 3.63) is 0 Å². The average Bonchev–Trinajstić information content (AvgIpc) is 2.52. The topological polar surface area (TPSA) is 21.3 Å². The largest absolute Gasteiger partial charge is 0.374 e. The lowest BCUT2D eigenvalue weighted by atomic mass is 10.1. The fraction of sp³-hybridized carbons (Fsp3) is 1.00. The van der Waals surface area contributed by atoms with Crippen LogP contribution in [-0.4, -0.2) is 24.8 Å². The predicted octanol–water partition coefficient (Wildman–Crippen LogP) is 3.89. The predicted molar refractivity (Wildman–Crippen MR) is 74.4 cm³/mol. The molecule has 1 aliphatic rings. The van der Waals surface area contributed by atoms with E-state index in [1.807, 2.05) is 0 Å². The zero-order valence-electron chi connectivity index (χ0n) is 12.0. The van der Waals surface area contributed by atoms with Crippen molar-refractivity contribution in [1.29, 1.82) is 0 Å². The number of rotatable bonds is 7. The van der Waals surface area contributed by atoms with E-state index < -0.39 is 0 Å². The van der Waals surface area contributed by atoms with Crippen LogP contribution in [0.25, 0.3) is 0 Å². The van der Waals surface area contributed by atoms with Crippen molar-refractivity contribution >= 4 is 0 Å². The highest BCUT2D eigenvalue weighted by molar-refractivity contribution is 4.81. The number of hydrogen-bond donors (Lipinski definition) is 1. The Hall–Kier alpha value is -0.0800. The van der Waals surface area contributed by atoms with Crippen LogP contribution < -0.4 is 5.32 Å². The van der Waals surface area contributed by atoms with Crippen LogP contribution in [0.15, 0.2) is 0 Å².